The van der Waals surface area contributed by atoms with Crippen molar-refractivity contribution in [3.63, 3.8) is 0 Å². The normalized spacial score (nSPS) is 11.5. The van der Waals surface area contributed by atoms with Gasteiger partial charge < -0.3 is 15.4 Å². The van der Waals surface area contributed by atoms with Gasteiger partial charge >= 0.3 is 0 Å². The Hall–Kier alpha value is -2.04. The maximum absolute atomic E-state index is 11.6. The molecule has 0 aliphatic heterocycles. The molecule has 0 saturated heterocycles. The van der Waals surface area contributed by atoms with Crippen LogP contribution in [0.25, 0.3) is 0 Å². The van der Waals surface area contributed by atoms with Gasteiger partial charge in [0, 0.05) is 6.54 Å². The number of rotatable bonds is 6. The van der Waals surface area contributed by atoms with Crippen molar-refractivity contribution >= 4 is 11.8 Å². The first-order chi connectivity index (χ1) is 9.02. The number of benzene rings is 1. The fourth-order valence-corrected chi connectivity index (χ4v) is 1.53. The van der Waals surface area contributed by atoms with Gasteiger partial charge in [0.15, 0.2) is 6.61 Å². The van der Waals surface area contributed by atoms with Crippen molar-refractivity contribution in [1.29, 1.82) is 0 Å². The van der Waals surface area contributed by atoms with E-state index in [0.29, 0.717) is 12.3 Å². The molecular formula is C14H20N2O3. The number of hydrogen-bond acceptors (Lipinski definition) is 3. The van der Waals surface area contributed by atoms with Crippen LogP contribution < -0.4 is 15.4 Å². The molecule has 1 aromatic carbocycles. The predicted molar refractivity (Wildman–Crippen MR) is 73.0 cm³/mol. The number of likely N-dealkylation sites (N-methyl/N-ethyl adjacent to an activating group) is 1. The predicted octanol–water partition coefficient (Wildman–Crippen LogP) is 1.01. The summed E-state index contributed by atoms with van der Waals surface area (Å²) in [6.45, 7) is 5.85. The molecular weight excluding hydrogens is 244 g/mol. The first kappa shape index (κ1) is 15.0. The fourth-order valence-electron chi connectivity index (χ4n) is 1.53. The van der Waals surface area contributed by atoms with Gasteiger partial charge in [-0.05, 0) is 38.5 Å². The Morgan fingerprint density at radius 1 is 1.37 bits per heavy atom. The molecule has 5 heteroatoms. The molecule has 0 bridgehead atoms. The Kier molecular flexibility index (Phi) is 5.85. The zero-order chi connectivity index (χ0) is 14.3. The number of amides is 2. The van der Waals surface area contributed by atoms with Crippen LogP contribution in [0, 0.1) is 6.92 Å². The third-order valence-electron chi connectivity index (χ3n) is 2.48. The Bertz CT molecular complexity index is 446. The number of nitrogens with one attached hydrogen (secondary N) is 2. The van der Waals surface area contributed by atoms with E-state index >= 15 is 0 Å². The van der Waals surface area contributed by atoms with Crippen molar-refractivity contribution in [3.8, 4) is 5.75 Å². The van der Waals surface area contributed by atoms with E-state index in [0.717, 1.165) is 5.56 Å². The lowest BCUT2D eigenvalue weighted by atomic mass is 10.2. The minimum Gasteiger partial charge on any atom is -0.484 e. The second-order valence-corrected chi connectivity index (χ2v) is 4.29. The Morgan fingerprint density at radius 2 is 2.11 bits per heavy atom. The number of aryl methyl sites for hydroxylation is 1. The van der Waals surface area contributed by atoms with Crippen molar-refractivity contribution in [2.45, 2.75) is 26.8 Å². The molecule has 0 aromatic heterocycles. The molecule has 0 saturated carbocycles. The van der Waals surface area contributed by atoms with Gasteiger partial charge in [0.2, 0.25) is 5.91 Å². The minimum absolute atomic E-state index is 0.104. The van der Waals surface area contributed by atoms with Crippen LogP contribution in [0.3, 0.4) is 0 Å². The van der Waals surface area contributed by atoms with Crippen LogP contribution in [-0.4, -0.2) is 31.0 Å². The second-order valence-electron chi connectivity index (χ2n) is 4.29. The standard InChI is InChI=1S/C14H20N2O3/c1-4-15-14(18)11(3)16-13(17)9-19-12-7-5-6-10(2)8-12/h5-8,11H,4,9H2,1-3H3,(H,15,18)(H,16,17)/t11-/m1/s1. The van der Waals surface area contributed by atoms with E-state index in [-0.39, 0.29) is 18.4 Å². The molecule has 0 fully saturated rings. The van der Waals surface area contributed by atoms with Gasteiger partial charge in [-0.25, -0.2) is 0 Å². The van der Waals surface area contributed by atoms with Crippen LogP contribution in [0.5, 0.6) is 5.75 Å². The van der Waals surface area contributed by atoms with E-state index in [9.17, 15) is 9.59 Å². The Morgan fingerprint density at radius 3 is 2.74 bits per heavy atom. The number of carbonyl (C=O) groups excluding carboxylic acids is 2. The molecule has 19 heavy (non-hydrogen) atoms. The second kappa shape index (κ2) is 7.41. The molecule has 104 valence electrons. The lowest BCUT2D eigenvalue weighted by Gasteiger charge is -2.13. The summed E-state index contributed by atoms with van der Waals surface area (Å²) in [5.74, 6) is 0.118. The topological polar surface area (TPSA) is 67.4 Å². The van der Waals surface area contributed by atoms with Crippen LogP contribution in [-0.2, 0) is 9.59 Å². The minimum atomic E-state index is -0.562. The molecule has 2 amide bonds. The molecule has 0 aliphatic carbocycles. The van der Waals surface area contributed by atoms with E-state index in [1.807, 2.05) is 32.0 Å². The molecule has 0 aliphatic rings. The summed E-state index contributed by atoms with van der Waals surface area (Å²) in [6.07, 6.45) is 0. The van der Waals surface area contributed by atoms with Crippen molar-refractivity contribution in [2.24, 2.45) is 0 Å². The first-order valence-electron chi connectivity index (χ1n) is 6.29. The third-order valence-corrected chi connectivity index (χ3v) is 2.48. The SMILES string of the molecule is CCNC(=O)[C@@H](C)NC(=O)COc1cccc(C)c1. The number of hydrogen-bond donors (Lipinski definition) is 2. The lowest BCUT2D eigenvalue weighted by molar-refractivity contribution is -0.129. The van der Waals surface area contributed by atoms with Gasteiger partial charge in [-0.1, -0.05) is 12.1 Å². The first-order valence-corrected chi connectivity index (χ1v) is 6.29. The van der Waals surface area contributed by atoms with Crippen molar-refractivity contribution in [2.75, 3.05) is 13.2 Å². The Labute approximate surface area is 113 Å². The van der Waals surface area contributed by atoms with Crippen LogP contribution >= 0.6 is 0 Å². The highest BCUT2D eigenvalue weighted by Crippen LogP contribution is 2.11. The largest absolute Gasteiger partial charge is 0.484 e. The molecule has 2 N–H and O–H groups in total. The summed E-state index contributed by atoms with van der Waals surface area (Å²) in [5.41, 5.74) is 1.06. The third kappa shape index (κ3) is 5.42. The summed E-state index contributed by atoms with van der Waals surface area (Å²) < 4.78 is 5.35. The van der Waals surface area contributed by atoms with Gasteiger partial charge in [-0.3, -0.25) is 9.59 Å². The van der Waals surface area contributed by atoms with Crippen LogP contribution in [0.4, 0.5) is 0 Å². The smallest absolute Gasteiger partial charge is 0.258 e. The summed E-state index contributed by atoms with van der Waals surface area (Å²) >= 11 is 0. The van der Waals surface area contributed by atoms with E-state index < -0.39 is 6.04 Å². The summed E-state index contributed by atoms with van der Waals surface area (Å²) in [4.78, 5) is 23.0. The van der Waals surface area contributed by atoms with E-state index in [4.69, 9.17) is 4.74 Å². The number of carbonyl (C=O) groups is 2. The molecule has 0 heterocycles. The van der Waals surface area contributed by atoms with Gasteiger partial charge in [0.1, 0.15) is 11.8 Å². The zero-order valence-corrected chi connectivity index (χ0v) is 11.5. The van der Waals surface area contributed by atoms with Crippen LogP contribution in [0.15, 0.2) is 24.3 Å². The average molecular weight is 264 g/mol. The molecule has 0 unspecified atom stereocenters. The average Bonchev–Trinajstić information content (AvgIpc) is 2.36. The summed E-state index contributed by atoms with van der Waals surface area (Å²) in [5, 5.41) is 5.21. The molecule has 1 atom stereocenters. The molecule has 1 rings (SSSR count). The quantitative estimate of drug-likeness (QED) is 0.806. The molecule has 0 radical (unpaired) electrons. The van der Waals surface area contributed by atoms with E-state index in [2.05, 4.69) is 10.6 Å². The van der Waals surface area contributed by atoms with Crippen LogP contribution in [0.2, 0.25) is 0 Å². The van der Waals surface area contributed by atoms with E-state index in [1.165, 1.54) is 0 Å². The molecule has 0 spiro atoms. The molecule has 5 nitrogen and oxygen atoms in total. The van der Waals surface area contributed by atoms with Gasteiger partial charge in [0.05, 0.1) is 0 Å². The highest BCUT2D eigenvalue weighted by Gasteiger charge is 2.14. The van der Waals surface area contributed by atoms with Crippen molar-refractivity contribution < 1.29 is 14.3 Å². The van der Waals surface area contributed by atoms with Crippen molar-refractivity contribution in [3.05, 3.63) is 29.8 Å². The number of ether oxygens (including phenoxy) is 1. The van der Waals surface area contributed by atoms with Gasteiger partial charge in [-0.2, -0.15) is 0 Å². The van der Waals surface area contributed by atoms with E-state index in [1.54, 1.807) is 13.0 Å². The molecule has 1 aromatic rings. The van der Waals surface area contributed by atoms with Gasteiger partial charge in [-0.15, -0.1) is 0 Å². The lowest BCUT2D eigenvalue weighted by Crippen LogP contribution is -2.46. The summed E-state index contributed by atoms with van der Waals surface area (Å²) in [6, 6.07) is 6.88. The maximum atomic E-state index is 11.6. The Balaban J connectivity index is 2.37. The van der Waals surface area contributed by atoms with Gasteiger partial charge in [0.25, 0.3) is 5.91 Å². The van der Waals surface area contributed by atoms with Crippen molar-refractivity contribution in [1.82, 2.24) is 10.6 Å². The maximum Gasteiger partial charge on any atom is 0.258 e. The highest BCUT2D eigenvalue weighted by molar-refractivity contribution is 5.87. The summed E-state index contributed by atoms with van der Waals surface area (Å²) in [7, 11) is 0. The zero-order valence-electron chi connectivity index (χ0n) is 11.5. The fraction of sp³-hybridized carbons (Fsp3) is 0.429. The van der Waals surface area contributed by atoms with Crippen LogP contribution in [0.1, 0.15) is 19.4 Å². The highest BCUT2D eigenvalue weighted by atomic mass is 16.5. The monoisotopic (exact) mass is 264 g/mol.